The maximum atomic E-state index is 14.3. The van der Waals surface area contributed by atoms with Crippen molar-refractivity contribution >= 4 is 23.5 Å². The van der Waals surface area contributed by atoms with Crippen LogP contribution in [0.2, 0.25) is 0 Å². The smallest absolute Gasteiger partial charge is 0.223 e. The molecule has 3 atom stereocenters. The van der Waals surface area contributed by atoms with Gasteiger partial charge in [0.25, 0.3) is 0 Å². The minimum Gasteiger partial charge on any atom is -0.349 e. The number of hydrogen-bond acceptors (Lipinski definition) is 7. The van der Waals surface area contributed by atoms with Gasteiger partial charge >= 0.3 is 0 Å². The minimum absolute atomic E-state index is 0. The average molecular weight is 1160 g/mol. The molecule has 8 aliphatic rings. The molecular weight excluding hydrogens is 1050 g/mol. The first-order valence-corrected chi connectivity index (χ1v) is 33.2. The van der Waals surface area contributed by atoms with Crippen molar-refractivity contribution in [3.63, 3.8) is 0 Å². The molecule has 0 aromatic heterocycles. The minimum atomic E-state index is -0.202. The zero-order valence-corrected chi connectivity index (χ0v) is 53.3. The van der Waals surface area contributed by atoms with E-state index < -0.39 is 0 Å². The van der Waals surface area contributed by atoms with Crippen LogP contribution >= 0.6 is 0 Å². The normalized spacial score (nSPS) is 24.1. The fourth-order valence-corrected chi connectivity index (χ4v) is 15.9. The first-order valence-electron chi connectivity index (χ1n) is 33.2. The van der Waals surface area contributed by atoms with Gasteiger partial charge in [-0.1, -0.05) is 91.8 Å². The Balaban J connectivity index is 0.000000165. The van der Waals surface area contributed by atoms with Gasteiger partial charge in [-0.2, -0.15) is 0 Å². The van der Waals surface area contributed by atoms with Crippen LogP contribution in [0, 0.1) is 28.4 Å². The molecule has 5 saturated heterocycles. The molecule has 3 aromatic rings. The summed E-state index contributed by atoms with van der Waals surface area (Å²) in [6.45, 7) is 32.0. The Morgan fingerprint density at radius 3 is 1.44 bits per heavy atom. The Kier molecular flexibility index (Phi) is 20.8. The van der Waals surface area contributed by atoms with Crippen LogP contribution in [0.3, 0.4) is 0 Å². The Bertz CT molecular complexity index is 2750. The van der Waals surface area contributed by atoms with Gasteiger partial charge in [0.1, 0.15) is 17.4 Å². The van der Waals surface area contributed by atoms with Crippen molar-refractivity contribution < 1.29 is 29.4 Å². The molecule has 3 aliphatic carbocycles. The lowest BCUT2D eigenvalue weighted by molar-refractivity contribution is -0.131. The third kappa shape index (κ3) is 15.6. The first kappa shape index (κ1) is 64.0. The second kappa shape index (κ2) is 27.3. The Morgan fingerprint density at radius 2 is 0.988 bits per heavy atom. The van der Waals surface area contributed by atoms with Gasteiger partial charge in [0, 0.05) is 40.2 Å². The van der Waals surface area contributed by atoms with Gasteiger partial charge in [0.05, 0.1) is 18.1 Å². The number of hydrogen-bond donors (Lipinski definition) is 1. The zero-order valence-electron chi connectivity index (χ0n) is 53.3. The number of ketones is 1. The summed E-state index contributed by atoms with van der Waals surface area (Å²) in [6, 6.07) is 19.8. The van der Waals surface area contributed by atoms with E-state index in [0.717, 1.165) is 146 Å². The van der Waals surface area contributed by atoms with Crippen molar-refractivity contribution in [1.29, 1.82) is 0 Å². The summed E-state index contributed by atoms with van der Waals surface area (Å²) < 4.78 is 28.5. The number of nitrogens with zero attached hydrogens (tertiary/aromatic N) is 5. The van der Waals surface area contributed by atoms with Crippen LogP contribution in [0.15, 0.2) is 60.7 Å². The molecule has 12 heteroatoms. The molecule has 0 saturated carbocycles. The van der Waals surface area contributed by atoms with Crippen molar-refractivity contribution in [1.82, 2.24) is 29.8 Å². The topological polar surface area (TPSA) is 96.5 Å². The zero-order chi connectivity index (χ0) is 60.0. The van der Waals surface area contributed by atoms with Crippen LogP contribution in [0.1, 0.15) is 250 Å². The molecule has 0 radical (unpaired) electrons. The third-order valence-electron chi connectivity index (χ3n) is 21.3. The Morgan fingerprint density at radius 1 is 0.560 bits per heavy atom. The van der Waals surface area contributed by atoms with Crippen LogP contribution in [0.5, 0.6) is 0 Å². The Labute approximate surface area is 506 Å². The van der Waals surface area contributed by atoms with Crippen molar-refractivity contribution in [2.75, 3.05) is 72.0 Å². The standard InChI is InChI=1S/C25H37FN2O2.C24H35FN2O.C23H34N2O.H2/c1-18(29)5-8-23(30)27-22-9-10-25(21-17-19(26)6-7-20(21)22)12-15-28(16-13-25)14-11-24(2,3)4;1-23(2,3)10-14-26-15-11-24(12-16-26)9-8-21(27-13-4-5-22(27)28)19-7-6-18(25)17-20(19)24;1-18(2)10-15-24-16-12-23(13-17-24)11-9-21(25-14-5-8-22(25)26)19-6-3-4-7-20(19)23;/h6-7,17,22H,5,8-16H2,1-4H3,(H,27,30);6-7,17,21H,4-5,8-16H2,1-3H3;3-4,6-7,18,21H,5,8-17H2,1-2H3;1H/t22-;2*21-;/m000./s1. The number of carbonyl (C=O) groups excluding carboxylic acids is 4. The van der Waals surface area contributed by atoms with Crippen LogP contribution in [0.25, 0.3) is 0 Å². The molecule has 1 N–H and O–H groups in total. The highest BCUT2D eigenvalue weighted by Gasteiger charge is 2.47. The molecule has 5 aliphatic heterocycles. The van der Waals surface area contributed by atoms with E-state index in [1.54, 1.807) is 23.8 Å². The van der Waals surface area contributed by atoms with Gasteiger partial charge in [-0.05, 0) is 266 Å². The lowest BCUT2D eigenvalue weighted by Gasteiger charge is -2.48. The van der Waals surface area contributed by atoms with Gasteiger partial charge < -0.3 is 34.6 Å². The van der Waals surface area contributed by atoms with E-state index in [1.165, 1.54) is 87.8 Å². The molecule has 84 heavy (non-hydrogen) atoms. The van der Waals surface area contributed by atoms with Gasteiger partial charge in [0.15, 0.2) is 0 Å². The number of piperidine rings is 3. The van der Waals surface area contributed by atoms with E-state index in [0.29, 0.717) is 34.6 Å². The summed E-state index contributed by atoms with van der Waals surface area (Å²) in [5, 5.41) is 3.09. The van der Waals surface area contributed by atoms with Crippen molar-refractivity contribution in [2.24, 2.45) is 16.7 Å². The molecule has 11 rings (SSSR count). The molecule has 3 spiro atoms. The molecule has 3 aromatic carbocycles. The lowest BCUT2D eigenvalue weighted by atomic mass is 9.63. The monoisotopic (exact) mass is 1160 g/mol. The number of nitrogens with one attached hydrogen (secondary N) is 1. The van der Waals surface area contributed by atoms with Gasteiger partial charge in [0.2, 0.25) is 17.7 Å². The second-order valence-electron chi connectivity index (χ2n) is 30.1. The average Bonchev–Trinajstić information content (AvgIpc) is 3.04. The molecule has 3 amide bonds. The molecule has 0 unspecified atom stereocenters. The fraction of sp³-hybridized carbons (Fsp3) is 0.694. The van der Waals surface area contributed by atoms with E-state index in [1.807, 2.05) is 12.1 Å². The maximum Gasteiger partial charge on any atom is 0.223 e. The highest BCUT2D eigenvalue weighted by molar-refractivity contribution is 5.84. The van der Waals surface area contributed by atoms with Crippen LogP contribution in [-0.4, -0.2) is 120 Å². The highest BCUT2D eigenvalue weighted by Crippen LogP contribution is 2.53. The SMILES string of the molecule is CC(=O)CCC(=O)N[C@H]1CCC2(CCN(CCC(C)(C)C)CC2)c2cc(F)ccc21.CC(C)(C)CCN1CCC2(CC[C@H](N3CCCC3=O)c3ccc(F)cc32)CC1.CC(C)CCN1CCC2(CC[C@H](N3CCCC3=O)c3ccccc32)CC1.[HH]. The highest BCUT2D eigenvalue weighted by atomic mass is 19.1. The van der Waals surface area contributed by atoms with Crippen LogP contribution in [-0.2, 0) is 35.4 Å². The number of Topliss-reactive ketones (excluding diaryl/α,β-unsaturated/α-hetero) is 1. The third-order valence-corrected chi connectivity index (χ3v) is 21.3. The maximum absolute atomic E-state index is 14.3. The quantitative estimate of drug-likeness (QED) is 0.182. The number of likely N-dealkylation sites (tertiary alicyclic amines) is 5. The molecule has 0 bridgehead atoms. The number of amides is 3. The van der Waals surface area contributed by atoms with Gasteiger partial charge in [-0.3, -0.25) is 14.4 Å². The number of carbonyl (C=O) groups is 4. The van der Waals surface area contributed by atoms with E-state index >= 15 is 0 Å². The summed E-state index contributed by atoms with van der Waals surface area (Å²) in [7, 11) is 0. The number of rotatable bonds is 13. The molecule has 464 valence electrons. The number of fused-ring (bicyclic) bond motifs is 6. The summed E-state index contributed by atoms with van der Waals surface area (Å²) in [6.07, 6.45) is 20.8. The predicted octanol–water partition coefficient (Wildman–Crippen LogP) is 14.7. The van der Waals surface area contributed by atoms with Crippen molar-refractivity contribution in [2.45, 2.75) is 232 Å². The van der Waals surface area contributed by atoms with Crippen LogP contribution < -0.4 is 5.32 Å². The molecular formula is C72H108F2N6O4. The van der Waals surface area contributed by atoms with E-state index in [2.05, 4.69) is 109 Å². The fourth-order valence-electron chi connectivity index (χ4n) is 15.9. The second-order valence-corrected chi connectivity index (χ2v) is 30.1. The summed E-state index contributed by atoms with van der Waals surface area (Å²) in [4.78, 5) is 60.2. The largest absolute Gasteiger partial charge is 0.349 e. The van der Waals surface area contributed by atoms with Gasteiger partial charge in [-0.15, -0.1) is 0 Å². The predicted molar refractivity (Wildman–Crippen MR) is 337 cm³/mol. The summed E-state index contributed by atoms with van der Waals surface area (Å²) >= 11 is 0. The number of halogens is 2. The number of benzene rings is 3. The van der Waals surface area contributed by atoms with Crippen LogP contribution in [0.4, 0.5) is 8.78 Å². The van der Waals surface area contributed by atoms with E-state index in [-0.39, 0.29) is 66.4 Å². The van der Waals surface area contributed by atoms with E-state index in [9.17, 15) is 28.0 Å². The van der Waals surface area contributed by atoms with E-state index in [4.69, 9.17) is 0 Å². The molecule has 5 fully saturated rings. The van der Waals surface area contributed by atoms with Gasteiger partial charge in [-0.25, -0.2) is 8.78 Å². The van der Waals surface area contributed by atoms with Crippen molar-refractivity contribution in [3.8, 4) is 0 Å². The lowest BCUT2D eigenvalue weighted by Crippen LogP contribution is -2.47. The Hall–Kier alpha value is -4.52. The molecule has 5 heterocycles. The first-order chi connectivity index (χ1) is 39.9. The summed E-state index contributed by atoms with van der Waals surface area (Å²) in [5.74, 6) is 1.01. The summed E-state index contributed by atoms with van der Waals surface area (Å²) in [5.41, 5.74) is 8.71. The molecule has 10 nitrogen and oxygen atoms in total. The van der Waals surface area contributed by atoms with Crippen molar-refractivity contribution in [3.05, 3.63) is 106 Å².